The van der Waals surface area contributed by atoms with Crippen molar-refractivity contribution < 1.29 is 19.7 Å². The average molecular weight is 415 g/mol. The largest absolute Gasteiger partial charge is 0.466 e. The molecular weight excluding hydrogens is 384 g/mol. The summed E-state index contributed by atoms with van der Waals surface area (Å²) in [6.45, 7) is 10.7. The summed E-state index contributed by atoms with van der Waals surface area (Å²) in [5.74, 6) is -1.02. The number of rotatable bonds is 3. The molecule has 0 aliphatic heterocycles. The summed E-state index contributed by atoms with van der Waals surface area (Å²) in [5.41, 5.74) is 1.35. The van der Waals surface area contributed by atoms with Gasteiger partial charge in [-0.3, -0.25) is 4.79 Å². The molecule has 3 rings (SSSR count). The van der Waals surface area contributed by atoms with Crippen LogP contribution in [-0.2, 0) is 9.53 Å². The van der Waals surface area contributed by atoms with Crippen LogP contribution in [0, 0.1) is 12.8 Å². The Bertz CT molecular complexity index is 767. The van der Waals surface area contributed by atoms with Gasteiger partial charge in [0.05, 0.1) is 18.9 Å². The van der Waals surface area contributed by atoms with Crippen LogP contribution in [0.2, 0.25) is 5.15 Å². The molecule has 158 valence electrons. The zero-order chi connectivity index (χ0) is 21.5. The average Bonchev–Trinajstić information content (AvgIpc) is 3.22. The summed E-state index contributed by atoms with van der Waals surface area (Å²) in [6.07, 6.45) is 4.24. The second kappa shape index (κ2) is 10.7. The zero-order valence-corrected chi connectivity index (χ0v) is 18.2. The Balaban J connectivity index is 0.000000490. The van der Waals surface area contributed by atoms with Gasteiger partial charge in [-0.05, 0) is 47.0 Å². The fourth-order valence-electron chi connectivity index (χ4n) is 2.94. The number of ether oxygens (including phenoxy) is 1. The highest BCUT2D eigenvalue weighted by atomic mass is 35.5. The quantitative estimate of drug-likeness (QED) is 0.449. The molecule has 1 aliphatic rings. The van der Waals surface area contributed by atoms with Crippen LogP contribution >= 0.6 is 11.6 Å². The van der Waals surface area contributed by atoms with Gasteiger partial charge in [-0.2, -0.15) is 0 Å². The molecule has 0 bridgehead atoms. The number of fused-ring (bicyclic) bond motifs is 1. The number of hydrogen-bond acceptors (Lipinski definition) is 7. The van der Waals surface area contributed by atoms with Crippen molar-refractivity contribution in [2.45, 2.75) is 72.6 Å². The van der Waals surface area contributed by atoms with Crippen molar-refractivity contribution in [1.29, 1.82) is 0 Å². The predicted molar refractivity (Wildman–Crippen MR) is 108 cm³/mol. The van der Waals surface area contributed by atoms with Crippen molar-refractivity contribution in [2.24, 2.45) is 5.92 Å². The molecule has 2 heterocycles. The number of hydrogen-bond donors (Lipinski definition) is 2. The zero-order valence-electron chi connectivity index (χ0n) is 17.4. The number of imidazole rings is 1. The van der Waals surface area contributed by atoms with Crippen LogP contribution < -0.4 is 0 Å². The summed E-state index contributed by atoms with van der Waals surface area (Å²) < 4.78 is 7.12. The molecular formula is C19H31ClN4O4. The van der Waals surface area contributed by atoms with Crippen LogP contribution in [0.15, 0.2) is 6.33 Å². The molecule has 0 radical (unpaired) electrons. The molecule has 9 heteroatoms. The van der Waals surface area contributed by atoms with Crippen LogP contribution in [0.25, 0.3) is 11.2 Å². The maximum absolute atomic E-state index is 11.8. The third-order valence-electron chi connectivity index (χ3n) is 3.91. The van der Waals surface area contributed by atoms with E-state index >= 15 is 0 Å². The molecule has 2 unspecified atom stereocenters. The van der Waals surface area contributed by atoms with E-state index in [1.54, 1.807) is 13.3 Å². The minimum Gasteiger partial charge on any atom is -0.466 e. The Kier molecular flexibility index (Phi) is 9.26. The Labute approximate surface area is 170 Å². The lowest BCUT2D eigenvalue weighted by atomic mass is 10.1. The number of aryl methyl sites for hydroxylation is 1. The van der Waals surface area contributed by atoms with Crippen molar-refractivity contribution in [1.82, 2.24) is 19.5 Å². The van der Waals surface area contributed by atoms with E-state index in [0.29, 0.717) is 23.1 Å². The van der Waals surface area contributed by atoms with E-state index in [4.69, 9.17) is 26.6 Å². The molecule has 1 aliphatic carbocycles. The first-order valence-corrected chi connectivity index (χ1v) is 9.96. The van der Waals surface area contributed by atoms with Crippen LogP contribution in [0.3, 0.4) is 0 Å². The standard InChI is InChI=1S/C14H17ClN4O2.C3H8O2.C2H6/c1-3-21-14(20)9-4-5-10(6-9)19-7-16-11-12(15)17-8(2)18-13(11)19;1-3(2,4)5;1-2/h7,9-10H,3-6H2,1-2H3;4-5H,1-2H3;1-2H3. The summed E-state index contributed by atoms with van der Waals surface area (Å²) in [5, 5.41) is 16.5. The third-order valence-corrected chi connectivity index (χ3v) is 4.17. The van der Waals surface area contributed by atoms with Crippen molar-refractivity contribution in [3.63, 3.8) is 0 Å². The highest BCUT2D eigenvalue weighted by Gasteiger charge is 2.32. The van der Waals surface area contributed by atoms with Crippen molar-refractivity contribution in [3.05, 3.63) is 17.3 Å². The molecule has 2 aromatic heterocycles. The molecule has 2 N–H and O–H groups in total. The number of nitrogens with zero attached hydrogens (tertiary/aromatic N) is 4. The molecule has 1 saturated carbocycles. The van der Waals surface area contributed by atoms with Crippen molar-refractivity contribution >= 4 is 28.7 Å². The summed E-state index contributed by atoms with van der Waals surface area (Å²) in [6, 6.07) is 0.203. The molecule has 2 aromatic rings. The minimum absolute atomic E-state index is 0.0363. The van der Waals surface area contributed by atoms with Gasteiger partial charge >= 0.3 is 5.97 Å². The van der Waals surface area contributed by atoms with Crippen LogP contribution in [0.5, 0.6) is 0 Å². The van der Waals surface area contributed by atoms with Crippen LogP contribution in [0.1, 0.15) is 65.7 Å². The van der Waals surface area contributed by atoms with Gasteiger partial charge in [0.25, 0.3) is 0 Å². The van der Waals surface area contributed by atoms with Gasteiger partial charge in [-0.25, -0.2) is 15.0 Å². The van der Waals surface area contributed by atoms with Crippen molar-refractivity contribution in [3.8, 4) is 0 Å². The number of esters is 1. The van der Waals surface area contributed by atoms with Gasteiger partial charge in [-0.1, -0.05) is 25.4 Å². The van der Waals surface area contributed by atoms with Gasteiger partial charge in [-0.15, -0.1) is 0 Å². The van der Waals surface area contributed by atoms with E-state index in [2.05, 4.69) is 15.0 Å². The van der Waals surface area contributed by atoms with Gasteiger partial charge in [0, 0.05) is 6.04 Å². The smallest absolute Gasteiger partial charge is 0.308 e. The SMILES string of the molecule is CC.CC(C)(O)O.CCOC(=O)C1CCC(n2cnc3c(Cl)nc(C)nc32)C1. The van der Waals surface area contributed by atoms with E-state index < -0.39 is 5.79 Å². The Hall–Kier alpha value is -1.77. The molecule has 0 spiro atoms. The minimum atomic E-state index is -1.50. The Morgan fingerprint density at radius 1 is 1.32 bits per heavy atom. The molecule has 0 saturated heterocycles. The fraction of sp³-hybridized carbons (Fsp3) is 0.684. The molecule has 2 atom stereocenters. The fourth-order valence-corrected chi connectivity index (χ4v) is 3.19. The van der Waals surface area contributed by atoms with E-state index in [1.807, 2.05) is 25.3 Å². The molecule has 0 aromatic carbocycles. The first-order chi connectivity index (χ1) is 13.1. The molecule has 8 nitrogen and oxygen atoms in total. The molecule has 0 amide bonds. The lowest BCUT2D eigenvalue weighted by molar-refractivity contribution is -0.147. The van der Waals surface area contributed by atoms with Gasteiger partial charge in [0.15, 0.2) is 16.6 Å². The first-order valence-electron chi connectivity index (χ1n) is 9.58. The second-order valence-corrected chi connectivity index (χ2v) is 7.15. The van der Waals surface area contributed by atoms with Crippen molar-refractivity contribution in [2.75, 3.05) is 6.61 Å². The van der Waals surface area contributed by atoms with E-state index in [1.165, 1.54) is 13.8 Å². The number of aromatic nitrogens is 4. The highest BCUT2D eigenvalue weighted by Crippen LogP contribution is 2.37. The van der Waals surface area contributed by atoms with Gasteiger partial charge < -0.3 is 19.5 Å². The van der Waals surface area contributed by atoms with Crippen LogP contribution in [0.4, 0.5) is 0 Å². The Morgan fingerprint density at radius 2 is 1.93 bits per heavy atom. The topological polar surface area (TPSA) is 110 Å². The molecule has 28 heavy (non-hydrogen) atoms. The molecule has 1 fully saturated rings. The summed E-state index contributed by atoms with van der Waals surface area (Å²) >= 11 is 6.10. The number of aliphatic hydroxyl groups is 2. The Morgan fingerprint density at radius 3 is 2.50 bits per heavy atom. The monoisotopic (exact) mass is 414 g/mol. The first kappa shape index (κ1) is 24.3. The lowest BCUT2D eigenvalue weighted by Crippen LogP contribution is -2.15. The summed E-state index contributed by atoms with van der Waals surface area (Å²) in [7, 11) is 0. The maximum Gasteiger partial charge on any atom is 0.308 e. The predicted octanol–water partition coefficient (Wildman–Crippen LogP) is 3.43. The highest BCUT2D eigenvalue weighted by molar-refractivity contribution is 6.33. The number of carbonyl (C=O) groups excluding carboxylic acids is 1. The van der Waals surface area contributed by atoms with Gasteiger partial charge in [0.2, 0.25) is 0 Å². The van der Waals surface area contributed by atoms with E-state index in [0.717, 1.165) is 24.9 Å². The number of carbonyl (C=O) groups is 1. The maximum atomic E-state index is 11.8. The van der Waals surface area contributed by atoms with E-state index in [9.17, 15) is 4.79 Å². The number of halogens is 1. The lowest BCUT2D eigenvalue weighted by Gasteiger charge is -2.13. The van der Waals surface area contributed by atoms with Gasteiger partial charge in [0.1, 0.15) is 11.3 Å². The van der Waals surface area contributed by atoms with E-state index in [-0.39, 0.29) is 17.9 Å². The summed E-state index contributed by atoms with van der Waals surface area (Å²) in [4.78, 5) is 24.7. The van der Waals surface area contributed by atoms with Crippen LogP contribution in [-0.4, -0.2) is 48.1 Å². The normalized spacial score (nSPS) is 18.8. The third kappa shape index (κ3) is 7.00. The second-order valence-electron chi connectivity index (χ2n) is 6.80.